The highest BCUT2D eigenvalue weighted by atomic mass is 35.5. The van der Waals surface area contributed by atoms with Crippen LogP contribution in [0.4, 0.5) is 5.69 Å². The Morgan fingerprint density at radius 2 is 2.21 bits per heavy atom. The second-order valence-corrected chi connectivity index (χ2v) is 4.62. The van der Waals surface area contributed by atoms with Gasteiger partial charge < -0.3 is 14.8 Å². The fourth-order valence-corrected chi connectivity index (χ4v) is 1.62. The van der Waals surface area contributed by atoms with Crippen LogP contribution in [0.15, 0.2) is 11.0 Å². The van der Waals surface area contributed by atoms with Crippen molar-refractivity contribution < 1.29 is 9.47 Å². The molecule has 0 aromatic carbocycles. The van der Waals surface area contributed by atoms with E-state index in [4.69, 9.17) is 21.1 Å². The highest BCUT2D eigenvalue weighted by Crippen LogP contribution is 2.14. The number of hydrogen-bond acceptors (Lipinski definition) is 5. The van der Waals surface area contributed by atoms with E-state index in [1.54, 1.807) is 7.11 Å². The first-order valence-electron chi connectivity index (χ1n) is 6.16. The maximum absolute atomic E-state index is 11.9. The van der Waals surface area contributed by atoms with Crippen molar-refractivity contribution in [3.05, 3.63) is 21.6 Å². The molecule has 0 amide bonds. The normalized spacial score (nSPS) is 11.0. The molecule has 0 saturated carbocycles. The molecule has 0 aliphatic heterocycles. The lowest BCUT2D eigenvalue weighted by Crippen LogP contribution is -2.26. The highest BCUT2D eigenvalue weighted by Gasteiger charge is 2.08. The summed E-state index contributed by atoms with van der Waals surface area (Å²) in [5, 5.41) is 7.19. The van der Waals surface area contributed by atoms with E-state index in [9.17, 15) is 4.79 Å². The first-order chi connectivity index (χ1) is 9.06. The molecule has 0 aliphatic rings. The van der Waals surface area contributed by atoms with Gasteiger partial charge in [0.2, 0.25) is 0 Å². The molecule has 0 bridgehead atoms. The van der Waals surface area contributed by atoms with Gasteiger partial charge in [-0.25, -0.2) is 4.68 Å². The van der Waals surface area contributed by atoms with Crippen LogP contribution >= 0.6 is 11.6 Å². The van der Waals surface area contributed by atoms with E-state index < -0.39 is 0 Å². The molecule has 0 unspecified atom stereocenters. The summed E-state index contributed by atoms with van der Waals surface area (Å²) in [6.07, 6.45) is 1.71. The smallest absolute Gasteiger partial charge is 0.287 e. The van der Waals surface area contributed by atoms with Crippen LogP contribution in [-0.2, 0) is 16.0 Å². The van der Waals surface area contributed by atoms with Crippen LogP contribution in [0.25, 0.3) is 0 Å². The van der Waals surface area contributed by atoms with E-state index in [1.165, 1.54) is 10.9 Å². The molecule has 1 aromatic heterocycles. The molecule has 0 atom stereocenters. The predicted molar refractivity (Wildman–Crippen MR) is 75.0 cm³/mol. The van der Waals surface area contributed by atoms with Gasteiger partial charge in [-0.15, -0.1) is 0 Å². The van der Waals surface area contributed by atoms with Crippen molar-refractivity contribution in [1.29, 1.82) is 0 Å². The van der Waals surface area contributed by atoms with E-state index >= 15 is 0 Å². The maximum atomic E-state index is 11.9. The van der Waals surface area contributed by atoms with Crippen molar-refractivity contribution in [3.63, 3.8) is 0 Å². The third-order valence-electron chi connectivity index (χ3n) is 2.36. The maximum Gasteiger partial charge on any atom is 0.287 e. The number of nitrogens with zero attached hydrogens (tertiary/aromatic N) is 2. The number of aromatic nitrogens is 2. The average molecular weight is 290 g/mol. The standard InChI is InChI=1S/C12H20ClN3O3/c1-9(2)19-6-4-14-10-8-15-16(5-7-18-3)12(17)11(10)13/h8-9,14H,4-7H2,1-3H3. The molecule has 1 aromatic rings. The zero-order valence-electron chi connectivity index (χ0n) is 11.5. The molecule has 1 heterocycles. The number of halogens is 1. The zero-order chi connectivity index (χ0) is 14.3. The summed E-state index contributed by atoms with van der Waals surface area (Å²) < 4.78 is 11.6. The molecule has 0 radical (unpaired) electrons. The van der Waals surface area contributed by atoms with Crippen molar-refractivity contribution in [2.24, 2.45) is 0 Å². The number of rotatable bonds is 8. The van der Waals surface area contributed by atoms with Crippen molar-refractivity contribution in [3.8, 4) is 0 Å². The largest absolute Gasteiger partial charge is 0.383 e. The molecular weight excluding hydrogens is 270 g/mol. The number of methoxy groups -OCH3 is 1. The number of anilines is 1. The molecule has 0 fully saturated rings. The molecule has 1 rings (SSSR count). The Labute approximate surface area is 117 Å². The molecule has 0 saturated heterocycles. The van der Waals surface area contributed by atoms with Crippen LogP contribution in [-0.4, -0.2) is 42.8 Å². The lowest BCUT2D eigenvalue weighted by Gasteiger charge is -2.11. The summed E-state index contributed by atoms with van der Waals surface area (Å²) in [4.78, 5) is 11.9. The van der Waals surface area contributed by atoms with Crippen LogP contribution in [0.2, 0.25) is 5.02 Å². The minimum absolute atomic E-state index is 0.135. The summed E-state index contributed by atoms with van der Waals surface area (Å²) in [6.45, 7) is 5.84. The van der Waals surface area contributed by atoms with Gasteiger partial charge in [0.05, 0.1) is 37.7 Å². The van der Waals surface area contributed by atoms with Gasteiger partial charge in [0.25, 0.3) is 5.56 Å². The van der Waals surface area contributed by atoms with Gasteiger partial charge in [-0.1, -0.05) is 11.6 Å². The van der Waals surface area contributed by atoms with Crippen LogP contribution in [0.1, 0.15) is 13.8 Å². The third-order valence-corrected chi connectivity index (χ3v) is 2.73. The second kappa shape index (κ2) is 8.14. The van der Waals surface area contributed by atoms with E-state index in [2.05, 4.69) is 10.4 Å². The molecule has 7 heteroatoms. The summed E-state index contributed by atoms with van der Waals surface area (Å²) in [5.41, 5.74) is 0.196. The van der Waals surface area contributed by atoms with Crippen LogP contribution in [0.5, 0.6) is 0 Å². The van der Waals surface area contributed by atoms with Gasteiger partial charge in [0, 0.05) is 13.7 Å². The lowest BCUT2D eigenvalue weighted by atomic mass is 10.4. The van der Waals surface area contributed by atoms with Gasteiger partial charge in [-0.05, 0) is 13.8 Å². The highest BCUT2D eigenvalue weighted by molar-refractivity contribution is 6.32. The SMILES string of the molecule is COCCn1ncc(NCCOC(C)C)c(Cl)c1=O. The summed E-state index contributed by atoms with van der Waals surface area (Å²) in [6, 6.07) is 0. The van der Waals surface area contributed by atoms with Crippen LogP contribution in [0.3, 0.4) is 0 Å². The molecule has 19 heavy (non-hydrogen) atoms. The predicted octanol–water partition coefficient (Wildman–Crippen LogP) is 1.38. The lowest BCUT2D eigenvalue weighted by molar-refractivity contribution is 0.0870. The van der Waals surface area contributed by atoms with Gasteiger partial charge in [-0.3, -0.25) is 4.79 Å². The Bertz CT molecular complexity index is 448. The van der Waals surface area contributed by atoms with Crippen LogP contribution < -0.4 is 10.9 Å². The fourth-order valence-electron chi connectivity index (χ4n) is 1.41. The van der Waals surface area contributed by atoms with Crippen molar-refractivity contribution in [2.45, 2.75) is 26.5 Å². The molecular formula is C12H20ClN3O3. The fraction of sp³-hybridized carbons (Fsp3) is 0.667. The Kier molecular flexibility index (Phi) is 6.83. The van der Waals surface area contributed by atoms with E-state index in [0.717, 1.165) is 0 Å². The van der Waals surface area contributed by atoms with E-state index in [-0.39, 0.29) is 16.7 Å². The molecule has 108 valence electrons. The van der Waals surface area contributed by atoms with Crippen molar-refractivity contribution in [1.82, 2.24) is 9.78 Å². The minimum atomic E-state index is -0.325. The first-order valence-corrected chi connectivity index (χ1v) is 6.54. The zero-order valence-corrected chi connectivity index (χ0v) is 12.2. The Balaban J connectivity index is 2.61. The second-order valence-electron chi connectivity index (χ2n) is 4.24. The number of hydrogen-bond donors (Lipinski definition) is 1. The van der Waals surface area contributed by atoms with Gasteiger partial charge in [-0.2, -0.15) is 5.10 Å². The van der Waals surface area contributed by atoms with Crippen LogP contribution in [0, 0.1) is 0 Å². The molecule has 1 N–H and O–H groups in total. The third kappa shape index (κ3) is 5.18. The van der Waals surface area contributed by atoms with Gasteiger partial charge in [0.1, 0.15) is 5.02 Å². The topological polar surface area (TPSA) is 65.4 Å². The molecule has 0 aliphatic carbocycles. The Hall–Kier alpha value is -1.11. The van der Waals surface area contributed by atoms with Gasteiger partial charge in [0.15, 0.2) is 0 Å². The quantitative estimate of drug-likeness (QED) is 0.733. The van der Waals surface area contributed by atoms with E-state index in [1.807, 2.05) is 13.8 Å². The number of ether oxygens (including phenoxy) is 2. The first kappa shape index (κ1) is 15.9. The minimum Gasteiger partial charge on any atom is -0.383 e. The Morgan fingerprint density at radius 1 is 1.47 bits per heavy atom. The average Bonchev–Trinajstić information content (AvgIpc) is 2.38. The summed E-state index contributed by atoms with van der Waals surface area (Å²) >= 11 is 6.00. The summed E-state index contributed by atoms with van der Waals surface area (Å²) in [5.74, 6) is 0. The monoisotopic (exact) mass is 289 g/mol. The summed E-state index contributed by atoms with van der Waals surface area (Å²) in [7, 11) is 1.57. The van der Waals surface area contributed by atoms with Crippen molar-refractivity contribution in [2.75, 3.05) is 32.2 Å². The molecule has 0 spiro atoms. The molecule has 6 nitrogen and oxygen atoms in total. The van der Waals surface area contributed by atoms with E-state index in [0.29, 0.717) is 32.0 Å². The number of nitrogens with one attached hydrogen (secondary N) is 1. The van der Waals surface area contributed by atoms with Crippen molar-refractivity contribution >= 4 is 17.3 Å². The Morgan fingerprint density at radius 3 is 2.84 bits per heavy atom. The van der Waals surface area contributed by atoms with Gasteiger partial charge >= 0.3 is 0 Å².